The van der Waals surface area contributed by atoms with Gasteiger partial charge in [-0.1, -0.05) is 0 Å². The number of fused-ring (bicyclic) bond motifs is 1. The van der Waals surface area contributed by atoms with Gasteiger partial charge >= 0.3 is 0 Å². The minimum Gasteiger partial charge on any atom is -0.317 e. The van der Waals surface area contributed by atoms with Crippen LogP contribution in [-0.4, -0.2) is 42.3 Å². The predicted molar refractivity (Wildman–Crippen MR) is 86.7 cm³/mol. The first-order valence-electron chi connectivity index (χ1n) is 7.00. The molecule has 3 rings (SSSR count). The minimum absolute atomic E-state index is 0. The number of aromatic nitrogens is 3. The number of aryl methyl sites for hydroxylation is 2. The molecule has 122 valence electrons. The van der Waals surface area contributed by atoms with E-state index in [1.807, 2.05) is 6.92 Å². The van der Waals surface area contributed by atoms with Crippen LogP contribution in [0.2, 0.25) is 0 Å². The summed E-state index contributed by atoms with van der Waals surface area (Å²) in [6.45, 7) is 3.53. The van der Waals surface area contributed by atoms with Gasteiger partial charge in [-0.25, -0.2) is 18.1 Å². The predicted octanol–water partition coefficient (Wildman–Crippen LogP) is 0.729. The highest BCUT2D eigenvalue weighted by atomic mass is 35.5. The Labute approximate surface area is 136 Å². The summed E-state index contributed by atoms with van der Waals surface area (Å²) >= 11 is 0. The van der Waals surface area contributed by atoms with Gasteiger partial charge in [-0.05, 0) is 38.9 Å². The molecule has 0 amide bonds. The van der Waals surface area contributed by atoms with Crippen molar-refractivity contribution in [3.05, 3.63) is 18.0 Å². The number of halogens is 1. The summed E-state index contributed by atoms with van der Waals surface area (Å²) in [5, 5.41) is 8.25. The summed E-state index contributed by atoms with van der Waals surface area (Å²) in [5.41, 5.74) is 1.47. The topological polar surface area (TPSA) is 88.9 Å². The normalized spacial score (nSPS) is 16.6. The Kier molecular flexibility index (Phi) is 5.06. The maximum atomic E-state index is 12.5. The Balaban J connectivity index is 0.00000176. The van der Waals surface area contributed by atoms with Crippen LogP contribution in [-0.2, 0) is 17.1 Å². The van der Waals surface area contributed by atoms with Gasteiger partial charge in [-0.3, -0.25) is 4.68 Å². The molecule has 0 bridgehead atoms. The lowest BCUT2D eigenvalue weighted by Crippen LogP contribution is -2.42. The molecular formula is C13H20ClN5O2S. The molecule has 3 heterocycles. The lowest BCUT2D eigenvalue weighted by Gasteiger charge is -2.23. The summed E-state index contributed by atoms with van der Waals surface area (Å²) in [4.78, 5) is 4.43. The minimum atomic E-state index is -3.54. The van der Waals surface area contributed by atoms with E-state index in [1.54, 1.807) is 17.8 Å². The molecule has 0 atom stereocenters. The van der Waals surface area contributed by atoms with Crippen LogP contribution in [0.5, 0.6) is 0 Å². The zero-order chi connectivity index (χ0) is 15.0. The van der Waals surface area contributed by atoms with Gasteiger partial charge in [-0.2, -0.15) is 5.10 Å². The zero-order valence-corrected chi connectivity index (χ0v) is 14.2. The third-order valence-corrected chi connectivity index (χ3v) is 5.30. The SMILES string of the molecule is Cc1nn(C)c2ncc(S(=O)(=O)NC3CCNCC3)cc12.Cl. The Hall–Kier alpha value is -1.22. The molecule has 2 N–H and O–H groups in total. The summed E-state index contributed by atoms with van der Waals surface area (Å²) in [7, 11) is -1.74. The number of nitrogens with zero attached hydrogens (tertiary/aromatic N) is 3. The van der Waals surface area contributed by atoms with Crippen molar-refractivity contribution < 1.29 is 8.42 Å². The smallest absolute Gasteiger partial charge is 0.242 e. The highest BCUT2D eigenvalue weighted by Gasteiger charge is 2.23. The second kappa shape index (κ2) is 6.49. The number of hydrogen-bond acceptors (Lipinski definition) is 5. The van der Waals surface area contributed by atoms with Crippen LogP contribution in [0.3, 0.4) is 0 Å². The average molecular weight is 346 g/mol. The maximum absolute atomic E-state index is 12.5. The number of rotatable bonds is 3. The number of pyridine rings is 1. The fourth-order valence-corrected chi connectivity index (χ4v) is 3.94. The molecule has 2 aromatic heterocycles. The van der Waals surface area contributed by atoms with Gasteiger partial charge in [0.1, 0.15) is 4.90 Å². The van der Waals surface area contributed by atoms with Crippen molar-refractivity contribution >= 4 is 33.5 Å². The molecule has 0 radical (unpaired) electrons. The molecule has 0 aliphatic carbocycles. The van der Waals surface area contributed by atoms with Crippen molar-refractivity contribution in [2.75, 3.05) is 13.1 Å². The molecule has 0 unspecified atom stereocenters. The first-order chi connectivity index (χ1) is 9.97. The Morgan fingerprint density at radius 3 is 2.73 bits per heavy atom. The van der Waals surface area contributed by atoms with Crippen molar-refractivity contribution in [3.8, 4) is 0 Å². The van der Waals surface area contributed by atoms with Gasteiger partial charge in [0.15, 0.2) is 5.65 Å². The third kappa shape index (κ3) is 3.24. The van der Waals surface area contributed by atoms with Crippen molar-refractivity contribution in [2.45, 2.75) is 30.7 Å². The van der Waals surface area contributed by atoms with E-state index < -0.39 is 10.0 Å². The van der Waals surface area contributed by atoms with Crippen molar-refractivity contribution in [1.82, 2.24) is 24.8 Å². The second-order valence-electron chi connectivity index (χ2n) is 5.40. The van der Waals surface area contributed by atoms with E-state index in [0.717, 1.165) is 37.0 Å². The van der Waals surface area contributed by atoms with Crippen LogP contribution in [0, 0.1) is 6.92 Å². The molecule has 1 fully saturated rings. The molecule has 7 nitrogen and oxygen atoms in total. The molecule has 1 aliphatic rings. The van der Waals surface area contributed by atoms with Crippen LogP contribution < -0.4 is 10.0 Å². The monoisotopic (exact) mass is 345 g/mol. The van der Waals surface area contributed by atoms with Crippen LogP contribution >= 0.6 is 12.4 Å². The fraction of sp³-hybridized carbons (Fsp3) is 0.538. The standard InChI is InChI=1S/C13H19N5O2S.ClH/c1-9-12-7-11(8-15-13(12)18(2)16-9)21(19,20)17-10-3-5-14-6-4-10;/h7-8,10,14,17H,3-6H2,1-2H3;1H. The van der Waals surface area contributed by atoms with Crippen LogP contribution in [0.4, 0.5) is 0 Å². The molecule has 0 aromatic carbocycles. The molecule has 2 aromatic rings. The van der Waals surface area contributed by atoms with Crippen LogP contribution in [0.25, 0.3) is 11.0 Å². The molecule has 1 saturated heterocycles. The van der Waals surface area contributed by atoms with Crippen LogP contribution in [0.1, 0.15) is 18.5 Å². The Morgan fingerprint density at radius 2 is 2.05 bits per heavy atom. The summed E-state index contributed by atoms with van der Waals surface area (Å²) in [6, 6.07) is 1.63. The van der Waals surface area contributed by atoms with Gasteiger partial charge in [0.2, 0.25) is 10.0 Å². The molecule has 0 spiro atoms. The van der Waals surface area contributed by atoms with E-state index in [9.17, 15) is 8.42 Å². The van der Waals surface area contributed by atoms with E-state index in [0.29, 0.717) is 5.65 Å². The molecule has 22 heavy (non-hydrogen) atoms. The first-order valence-corrected chi connectivity index (χ1v) is 8.48. The van der Waals surface area contributed by atoms with Crippen molar-refractivity contribution in [1.29, 1.82) is 0 Å². The third-order valence-electron chi connectivity index (χ3n) is 3.81. The number of sulfonamides is 1. The number of nitrogens with one attached hydrogen (secondary N) is 2. The molecular weight excluding hydrogens is 326 g/mol. The van der Waals surface area contributed by atoms with Gasteiger partial charge in [0, 0.05) is 24.7 Å². The van der Waals surface area contributed by atoms with E-state index in [-0.39, 0.29) is 23.3 Å². The molecule has 9 heteroatoms. The van der Waals surface area contributed by atoms with E-state index in [4.69, 9.17) is 0 Å². The van der Waals surface area contributed by atoms with Crippen molar-refractivity contribution in [2.24, 2.45) is 7.05 Å². The lowest BCUT2D eigenvalue weighted by molar-refractivity contribution is 0.427. The summed E-state index contributed by atoms with van der Waals surface area (Å²) < 4.78 is 29.3. The fourth-order valence-electron chi connectivity index (χ4n) is 2.66. The Bertz CT molecular complexity index is 768. The quantitative estimate of drug-likeness (QED) is 0.856. The first kappa shape index (κ1) is 17.1. The van der Waals surface area contributed by atoms with Gasteiger partial charge in [0.25, 0.3) is 0 Å². The average Bonchev–Trinajstić information content (AvgIpc) is 2.74. The van der Waals surface area contributed by atoms with Crippen LogP contribution in [0.15, 0.2) is 17.2 Å². The Morgan fingerprint density at radius 1 is 1.36 bits per heavy atom. The number of hydrogen-bond donors (Lipinski definition) is 2. The molecule has 0 saturated carbocycles. The number of piperidine rings is 1. The highest BCUT2D eigenvalue weighted by molar-refractivity contribution is 7.89. The maximum Gasteiger partial charge on any atom is 0.242 e. The summed E-state index contributed by atoms with van der Waals surface area (Å²) in [6.07, 6.45) is 3.01. The van der Waals surface area contributed by atoms with E-state index in [2.05, 4.69) is 20.1 Å². The molecule has 1 aliphatic heterocycles. The summed E-state index contributed by atoms with van der Waals surface area (Å²) in [5.74, 6) is 0. The van der Waals surface area contributed by atoms with E-state index in [1.165, 1.54) is 6.20 Å². The van der Waals surface area contributed by atoms with Gasteiger partial charge < -0.3 is 5.32 Å². The van der Waals surface area contributed by atoms with Gasteiger partial charge in [0.05, 0.1) is 5.69 Å². The van der Waals surface area contributed by atoms with Crippen molar-refractivity contribution in [3.63, 3.8) is 0 Å². The largest absolute Gasteiger partial charge is 0.317 e. The second-order valence-corrected chi connectivity index (χ2v) is 7.11. The van der Waals surface area contributed by atoms with Gasteiger partial charge in [-0.15, -0.1) is 12.4 Å². The zero-order valence-electron chi connectivity index (χ0n) is 12.5. The lowest BCUT2D eigenvalue weighted by atomic mass is 10.1. The van der Waals surface area contributed by atoms with E-state index >= 15 is 0 Å². The highest BCUT2D eigenvalue weighted by Crippen LogP contribution is 2.20.